The van der Waals surface area contributed by atoms with Crippen molar-refractivity contribution in [2.24, 2.45) is 0 Å². The lowest BCUT2D eigenvalue weighted by molar-refractivity contribution is -0.137. The lowest BCUT2D eigenvalue weighted by atomic mass is 10.2. The van der Waals surface area contributed by atoms with Crippen molar-refractivity contribution in [2.45, 2.75) is 30.0 Å². The molecule has 6 nitrogen and oxygen atoms in total. The highest BCUT2D eigenvalue weighted by atomic mass is 32.2. The van der Waals surface area contributed by atoms with E-state index in [1.54, 1.807) is 12.1 Å². The third-order valence-electron chi connectivity index (χ3n) is 4.73. The summed E-state index contributed by atoms with van der Waals surface area (Å²) in [5.41, 5.74) is -0.300. The second kappa shape index (κ2) is 7.27. The minimum absolute atomic E-state index is 0.122. The van der Waals surface area contributed by atoms with Gasteiger partial charge in [-0.25, -0.2) is 8.42 Å². The molecular formula is C19H16F3N3O3S. The Labute approximate surface area is 165 Å². The summed E-state index contributed by atoms with van der Waals surface area (Å²) in [6.45, 7) is 0.159. The van der Waals surface area contributed by atoms with Gasteiger partial charge in [-0.15, -0.1) is 0 Å². The van der Waals surface area contributed by atoms with Crippen molar-refractivity contribution in [3.05, 3.63) is 66.1 Å². The number of rotatable bonds is 4. The van der Waals surface area contributed by atoms with Gasteiger partial charge in [-0.1, -0.05) is 41.6 Å². The lowest BCUT2D eigenvalue weighted by Crippen LogP contribution is -2.31. The number of halogens is 3. The van der Waals surface area contributed by atoms with E-state index in [1.807, 2.05) is 18.2 Å². The molecule has 1 unspecified atom stereocenters. The summed E-state index contributed by atoms with van der Waals surface area (Å²) in [6.07, 6.45) is -3.66. The summed E-state index contributed by atoms with van der Waals surface area (Å²) in [5, 5.41) is 3.91. The summed E-state index contributed by atoms with van der Waals surface area (Å²) in [7, 11) is -4.17. The van der Waals surface area contributed by atoms with Crippen LogP contribution in [0.1, 0.15) is 30.3 Å². The molecule has 0 amide bonds. The lowest BCUT2D eigenvalue weighted by Gasteiger charge is -2.21. The summed E-state index contributed by atoms with van der Waals surface area (Å²) < 4.78 is 71.5. The van der Waals surface area contributed by atoms with Gasteiger partial charge in [0.1, 0.15) is 6.04 Å². The Morgan fingerprint density at radius 3 is 2.55 bits per heavy atom. The van der Waals surface area contributed by atoms with Crippen molar-refractivity contribution in [1.82, 2.24) is 14.4 Å². The number of alkyl halides is 3. The highest BCUT2D eigenvalue weighted by Crippen LogP contribution is 2.38. The molecule has 10 heteroatoms. The number of hydrogen-bond donors (Lipinski definition) is 0. The molecular weight excluding hydrogens is 407 g/mol. The Bertz CT molecular complexity index is 1110. The highest BCUT2D eigenvalue weighted by molar-refractivity contribution is 7.89. The minimum Gasteiger partial charge on any atom is -0.337 e. The summed E-state index contributed by atoms with van der Waals surface area (Å²) in [4.78, 5) is 3.90. The molecule has 2 aromatic carbocycles. The van der Waals surface area contributed by atoms with E-state index in [9.17, 15) is 21.6 Å². The van der Waals surface area contributed by atoms with Crippen LogP contribution in [0.5, 0.6) is 0 Å². The van der Waals surface area contributed by atoms with Crippen LogP contribution < -0.4 is 0 Å². The number of benzene rings is 2. The van der Waals surface area contributed by atoms with Crippen LogP contribution in [-0.4, -0.2) is 29.4 Å². The molecule has 4 rings (SSSR count). The van der Waals surface area contributed by atoms with E-state index in [0.29, 0.717) is 30.3 Å². The van der Waals surface area contributed by atoms with Crippen molar-refractivity contribution in [3.8, 4) is 11.4 Å². The smallest absolute Gasteiger partial charge is 0.337 e. The first kappa shape index (κ1) is 19.6. The Morgan fingerprint density at radius 2 is 1.83 bits per heavy atom. The van der Waals surface area contributed by atoms with Crippen LogP contribution in [0.4, 0.5) is 13.2 Å². The molecule has 2 heterocycles. The van der Waals surface area contributed by atoms with E-state index < -0.39 is 32.7 Å². The number of aromatic nitrogens is 2. The predicted octanol–water partition coefficient (Wildman–Crippen LogP) is 4.28. The molecule has 3 aromatic rings. The standard InChI is InChI=1S/C19H16F3N3O3S/c20-19(21,22)14-8-4-9-15(12-14)29(26,27)25-11-5-10-16(25)18-23-17(24-28-18)13-6-2-1-3-7-13/h1-4,6-9,12,16H,5,10-11H2. The van der Waals surface area contributed by atoms with E-state index >= 15 is 0 Å². The molecule has 0 saturated carbocycles. The highest BCUT2D eigenvalue weighted by Gasteiger charge is 2.40. The van der Waals surface area contributed by atoms with E-state index in [-0.39, 0.29) is 12.4 Å². The fourth-order valence-electron chi connectivity index (χ4n) is 3.32. The minimum atomic E-state index is -4.63. The zero-order chi connectivity index (χ0) is 20.6. The zero-order valence-electron chi connectivity index (χ0n) is 15.0. The van der Waals surface area contributed by atoms with Crippen LogP contribution in [0.3, 0.4) is 0 Å². The topological polar surface area (TPSA) is 76.3 Å². The molecule has 1 fully saturated rings. The molecule has 1 aliphatic rings. The number of hydrogen-bond acceptors (Lipinski definition) is 5. The van der Waals surface area contributed by atoms with Gasteiger partial charge in [0.2, 0.25) is 21.7 Å². The Balaban J connectivity index is 1.66. The second-order valence-corrected chi connectivity index (χ2v) is 8.51. The van der Waals surface area contributed by atoms with Crippen LogP contribution in [0, 0.1) is 0 Å². The maximum absolute atomic E-state index is 13.0. The van der Waals surface area contributed by atoms with Crippen LogP contribution in [0.25, 0.3) is 11.4 Å². The average molecular weight is 423 g/mol. The molecule has 0 N–H and O–H groups in total. The largest absolute Gasteiger partial charge is 0.416 e. The summed E-state index contributed by atoms with van der Waals surface area (Å²) >= 11 is 0. The SMILES string of the molecule is O=S(=O)(c1cccc(C(F)(F)F)c1)N1CCCC1c1nc(-c2ccccc2)no1. The Hall–Kier alpha value is -2.72. The summed E-state index contributed by atoms with van der Waals surface area (Å²) in [6, 6.07) is 12.0. The average Bonchev–Trinajstić information content (AvgIpc) is 3.38. The Morgan fingerprint density at radius 1 is 1.07 bits per heavy atom. The number of nitrogens with zero attached hydrogens (tertiary/aromatic N) is 3. The van der Waals surface area contributed by atoms with Gasteiger partial charge in [-0.3, -0.25) is 0 Å². The van der Waals surface area contributed by atoms with Crippen LogP contribution in [0.15, 0.2) is 64.0 Å². The van der Waals surface area contributed by atoms with Crippen LogP contribution in [-0.2, 0) is 16.2 Å². The molecule has 0 aliphatic carbocycles. The second-order valence-electron chi connectivity index (χ2n) is 6.62. The van der Waals surface area contributed by atoms with Crippen molar-refractivity contribution in [1.29, 1.82) is 0 Å². The molecule has 1 aromatic heterocycles. The van der Waals surface area contributed by atoms with Gasteiger partial charge >= 0.3 is 6.18 Å². The van der Waals surface area contributed by atoms with E-state index in [1.165, 1.54) is 0 Å². The van der Waals surface area contributed by atoms with E-state index in [4.69, 9.17) is 4.52 Å². The molecule has 29 heavy (non-hydrogen) atoms. The molecule has 0 spiro atoms. The molecule has 1 aliphatic heterocycles. The molecule has 0 bridgehead atoms. The van der Waals surface area contributed by atoms with Gasteiger partial charge < -0.3 is 4.52 Å². The molecule has 1 atom stereocenters. The van der Waals surface area contributed by atoms with Crippen molar-refractivity contribution in [3.63, 3.8) is 0 Å². The monoisotopic (exact) mass is 423 g/mol. The van der Waals surface area contributed by atoms with Gasteiger partial charge in [0.15, 0.2) is 0 Å². The molecule has 152 valence electrons. The molecule has 0 radical (unpaired) electrons. The summed E-state index contributed by atoms with van der Waals surface area (Å²) in [5.74, 6) is 0.445. The third-order valence-corrected chi connectivity index (χ3v) is 6.63. The van der Waals surface area contributed by atoms with Crippen molar-refractivity contribution < 1.29 is 26.1 Å². The maximum Gasteiger partial charge on any atom is 0.416 e. The Kier molecular flexibility index (Phi) is 4.91. The van der Waals surface area contributed by atoms with Crippen molar-refractivity contribution >= 4 is 10.0 Å². The van der Waals surface area contributed by atoms with Crippen LogP contribution in [0.2, 0.25) is 0 Å². The normalized spacial score (nSPS) is 18.2. The third kappa shape index (κ3) is 3.77. The van der Waals surface area contributed by atoms with Crippen LogP contribution >= 0.6 is 0 Å². The zero-order valence-corrected chi connectivity index (χ0v) is 15.8. The van der Waals surface area contributed by atoms with E-state index in [0.717, 1.165) is 22.5 Å². The van der Waals surface area contributed by atoms with Gasteiger partial charge in [-0.05, 0) is 31.0 Å². The maximum atomic E-state index is 13.0. The fraction of sp³-hybridized carbons (Fsp3) is 0.263. The predicted molar refractivity (Wildman–Crippen MR) is 97.0 cm³/mol. The van der Waals surface area contributed by atoms with Gasteiger partial charge in [0, 0.05) is 12.1 Å². The first-order chi connectivity index (χ1) is 13.8. The van der Waals surface area contributed by atoms with Crippen molar-refractivity contribution in [2.75, 3.05) is 6.54 Å². The quantitative estimate of drug-likeness (QED) is 0.626. The van der Waals surface area contributed by atoms with E-state index in [2.05, 4.69) is 10.1 Å². The fourth-order valence-corrected chi connectivity index (χ4v) is 5.02. The van der Waals surface area contributed by atoms with Gasteiger partial charge in [0.05, 0.1) is 10.5 Å². The molecule has 1 saturated heterocycles. The number of sulfonamides is 1. The van der Waals surface area contributed by atoms with Gasteiger partial charge in [-0.2, -0.15) is 22.5 Å². The first-order valence-electron chi connectivity index (χ1n) is 8.85. The first-order valence-corrected chi connectivity index (χ1v) is 10.3. The van der Waals surface area contributed by atoms with Gasteiger partial charge in [0.25, 0.3) is 0 Å².